The molecule has 0 aromatic heterocycles. The van der Waals surface area contributed by atoms with Crippen LogP contribution in [0.15, 0.2) is 27.6 Å². The van der Waals surface area contributed by atoms with Crippen molar-refractivity contribution in [3.05, 3.63) is 22.7 Å². The van der Waals surface area contributed by atoms with Crippen molar-refractivity contribution < 1.29 is 18.3 Å². The maximum atomic E-state index is 12.6. The van der Waals surface area contributed by atoms with Crippen molar-refractivity contribution in [1.29, 1.82) is 0 Å². The number of ether oxygens (including phenoxy) is 1. The fourth-order valence-electron chi connectivity index (χ4n) is 2.68. The molecule has 1 saturated carbocycles. The molecule has 0 spiro atoms. The second-order valence-corrected chi connectivity index (χ2v) is 8.39. The number of benzene rings is 1. The van der Waals surface area contributed by atoms with Gasteiger partial charge in [0.1, 0.15) is 5.75 Å². The summed E-state index contributed by atoms with van der Waals surface area (Å²) in [7, 11) is -0.597. The fraction of sp³-hybridized carbons (Fsp3) is 0.571. The summed E-state index contributed by atoms with van der Waals surface area (Å²) in [6, 6.07) is 4.63. The molecule has 1 aromatic rings. The van der Waals surface area contributed by atoms with Crippen molar-refractivity contribution in [3.63, 3.8) is 0 Å². The van der Waals surface area contributed by atoms with Gasteiger partial charge in [-0.3, -0.25) is 0 Å². The average molecular weight is 378 g/mol. The Kier molecular flexibility index (Phi) is 4.97. The second kappa shape index (κ2) is 6.24. The highest BCUT2D eigenvalue weighted by molar-refractivity contribution is 9.10. The summed E-state index contributed by atoms with van der Waals surface area (Å²) in [5.74, 6) is 0.575. The topological polar surface area (TPSA) is 66.8 Å². The molecule has 0 aliphatic heterocycles. The highest BCUT2D eigenvalue weighted by atomic mass is 79.9. The van der Waals surface area contributed by atoms with Gasteiger partial charge >= 0.3 is 0 Å². The van der Waals surface area contributed by atoms with Gasteiger partial charge in [0.2, 0.25) is 10.0 Å². The summed E-state index contributed by atoms with van der Waals surface area (Å²) >= 11 is 3.29. The van der Waals surface area contributed by atoms with Crippen LogP contribution in [0.1, 0.15) is 25.7 Å². The molecule has 0 saturated heterocycles. The monoisotopic (exact) mass is 377 g/mol. The molecule has 118 valence electrons. The van der Waals surface area contributed by atoms with E-state index in [2.05, 4.69) is 15.9 Å². The molecule has 0 bridgehead atoms. The summed E-state index contributed by atoms with van der Waals surface area (Å²) in [5.41, 5.74) is -0.897. The molecule has 0 heterocycles. The summed E-state index contributed by atoms with van der Waals surface area (Å²) in [4.78, 5) is 0.180. The molecule has 1 fully saturated rings. The van der Waals surface area contributed by atoms with Crippen molar-refractivity contribution in [1.82, 2.24) is 4.31 Å². The average Bonchev–Trinajstić information content (AvgIpc) is 2.85. The largest absolute Gasteiger partial charge is 0.496 e. The maximum absolute atomic E-state index is 12.6. The van der Waals surface area contributed by atoms with Crippen LogP contribution in [0.2, 0.25) is 0 Å². The lowest BCUT2D eigenvalue weighted by Crippen LogP contribution is -2.41. The van der Waals surface area contributed by atoms with E-state index in [0.717, 1.165) is 12.8 Å². The third kappa shape index (κ3) is 3.59. The minimum Gasteiger partial charge on any atom is -0.496 e. The van der Waals surface area contributed by atoms with Gasteiger partial charge in [-0.2, -0.15) is 4.31 Å². The summed E-state index contributed by atoms with van der Waals surface area (Å²) in [6.45, 7) is 0.124. The predicted molar refractivity (Wildman–Crippen MR) is 83.9 cm³/mol. The van der Waals surface area contributed by atoms with E-state index in [1.54, 1.807) is 6.07 Å². The molecule has 2 rings (SSSR count). The molecule has 7 heteroatoms. The van der Waals surface area contributed by atoms with Crippen LogP contribution in [0.5, 0.6) is 5.75 Å². The molecule has 1 aliphatic rings. The minimum atomic E-state index is -3.62. The Morgan fingerprint density at radius 2 is 2.00 bits per heavy atom. The van der Waals surface area contributed by atoms with Crippen LogP contribution >= 0.6 is 15.9 Å². The van der Waals surface area contributed by atoms with E-state index in [1.807, 2.05) is 0 Å². The number of halogens is 1. The standard InChI is InChI=1S/C14H20BrNO4S/c1-16(10-14(17)7-3-4-8-14)21(18,19)11-5-6-13(20-2)12(15)9-11/h5-6,9,17H,3-4,7-8,10H2,1-2H3. The smallest absolute Gasteiger partial charge is 0.242 e. The minimum absolute atomic E-state index is 0.124. The molecule has 0 unspecified atom stereocenters. The molecular formula is C14H20BrNO4S. The number of hydrogen-bond donors (Lipinski definition) is 1. The zero-order valence-electron chi connectivity index (χ0n) is 12.2. The van der Waals surface area contributed by atoms with Gasteiger partial charge in [-0.05, 0) is 47.0 Å². The first-order chi connectivity index (χ1) is 9.78. The summed E-state index contributed by atoms with van der Waals surface area (Å²) < 4.78 is 32.0. The molecular weight excluding hydrogens is 358 g/mol. The number of sulfonamides is 1. The van der Waals surface area contributed by atoms with Gasteiger partial charge in [-0.1, -0.05) is 12.8 Å². The van der Waals surface area contributed by atoms with Crippen molar-refractivity contribution in [2.75, 3.05) is 20.7 Å². The van der Waals surface area contributed by atoms with Crippen molar-refractivity contribution in [3.8, 4) is 5.75 Å². The first-order valence-electron chi connectivity index (χ1n) is 6.81. The van der Waals surface area contributed by atoms with E-state index in [9.17, 15) is 13.5 Å². The highest BCUT2D eigenvalue weighted by Gasteiger charge is 2.35. The number of methoxy groups -OCH3 is 1. The van der Waals surface area contributed by atoms with Gasteiger partial charge in [0.05, 0.1) is 22.1 Å². The van der Waals surface area contributed by atoms with E-state index in [-0.39, 0.29) is 11.4 Å². The maximum Gasteiger partial charge on any atom is 0.242 e. The van der Waals surface area contributed by atoms with E-state index < -0.39 is 15.6 Å². The Balaban J connectivity index is 2.22. The Labute approximate surface area is 134 Å². The number of aliphatic hydroxyl groups is 1. The number of hydrogen-bond acceptors (Lipinski definition) is 4. The summed E-state index contributed by atoms with van der Waals surface area (Å²) in [5, 5.41) is 10.4. The zero-order chi connectivity index (χ0) is 15.7. The quantitative estimate of drug-likeness (QED) is 0.855. The number of likely N-dealkylation sites (N-methyl/N-ethyl adjacent to an activating group) is 1. The van der Waals surface area contributed by atoms with Gasteiger partial charge < -0.3 is 9.84 Å². The van der Waals surface area contributed by atoms with E-state index >= 15 is 0 Å². The van der Waals surface area contributed by atoms with Crippen LogP contribution in [-0.4, -0.2) is 44.1 Å². The van der Waals surface area contributed by atoms with Crippen LogP contribution in [-0.2, 0) is 10.0 Å². The second-order valence-electron chi connectivity index (χ2n) is 5.49. The van der Waals surface area contributed by atoms with Crippen LogP contribution in [0, 0.1) is 0 Å². The Morgan fingerprint density at radius 3 is 2.52 bits per heavy atom. The summed E-state index contributed by atoms with van der Waals surface area (Å²) in [6.07, 6.45) is 3.19. The molecule has 1 aliphatic carbocycles. The Bertz CT molecular complexity index is 611. The van der Waals surface area contributed by atoms with Crippen LogP contribution in [0.4, 0.5) is 0 Å². The van der Waals surface area contributed by atoms with Crippen molar-refractivity contribution in [2.45, 2.75) is 36.2 Å². The van der Waals surface area contributed by atoms with Crippen LogP contribution < -0.4 is 4.74 Å². The third-order valence-electron chi connectivity index (χ3n) is 3.88. The van der Waals surface area contributed by atoms with Gasteiger partial charge in [0.25, 0.3) is 0 Å². The lowest BCUT2D eigenvalue weighted by atomic mass is 10.0. The Morgan fingerprint density at radius 1 is 1.38 bits per heavy atom. The highest BCUT2D eigenvalue weighted by Crippen LogP contribution is 2.32. The first-order valence-corrected chi connectivity index (χ1v) is 9.04. The van der Waals surface area contributed by atoms with E-state index in [4.69, 9.17) is 4.74 Å². The molecule has 0 amide bonds. The normalized spacial score (nSPS) is 18.1. The molecule has 0 radical (unpaired) electrons. The van der Waals surface area contributed by atoms with Crippen molar-refractivity contribution in [2.24, 2.45) is 0 Å². The first kappa shape index (κ1) is 16.7. The SMILES string of the molecule is COc1ccc(S(=O)(=O)N(C)CC2(O)CCCC2)cc1Br. The molecule has 1 aromatic carbocycles. The fourth-order valence-corrected chi connectivity index (χ4v) is 4.65. The number of rotatable bonds is 5. The van der Waals surface area contributed by atoms with Crippen molar-refractivity contribution >= 4 is 26.0 Å². The number of nitrogens with zero attached hydrogens (tertiary/aromatic N) is 1. The third-order valence-corrected chi connectivity index (χ3v) is 6.30. The molecule has 21 heavy (non-hydrogen) atoms. The van der Waals surface area contributed by atoms with Gasteiger partial charge in [0, 0.05) is 13.6 Å². The van der Waals surface area contributed by atoms with Gasteiger partial charge in [-0.25, -0.2) is 8.42 Å². The molecule has 5 nitrogen and oxygen atoms in total. The van der Waals surface area contributed by atoms with Crippen LogP contribution in [0.25, 0.3) is 0 Å². The molecule has 0 atom stereocenters. The van der Waals surface area contributed by atoms with E-state index in [0.29, 0.717) is 23.1 Å². The molecule has 1 N–H and O–H groups in total. The zero-order valence-corrected chi connectivity index (χ0v) is 14.6. The van der Waals surface area contributed by atoms with Crippen LogP contribution in [0.3, 0.4) is 0 Å². The predicted octanol–water partition coefficient (Wildman–Crippen LogP) is 2.38. The van der Waals surface area contributed by atoms with Gasteiger partial charge in [0.15, 0.2) is 0 Å². The van der Waals surface area contributed by atoms with E-state index in [1.165, 1.54) is 30.6 Å². The lowest BCUT2D eigenvalue weighted by Gasteiger charge is -2.28. The lowest BCUT2D eigenvalue weighted by molar-refractivity contribution is 0.0333. The Hall–Kier alpha value is -0.630. The van der Waals surface area contributed by atoms with Gasteiger partial charge in [-0.15, -0.1) is 0 Å².